The topological polar surface area (TPSA) is 60.5 Å². The lowest BCUT2D eigenvalue weighted by molar-refractivity contribution is 0.150. The van der Waals surface area contributed by atoms with E-state index in [9.17, 15) is 8.78 Å². The number of alkyl halides is 2. The van der Waals surface area contributed by atoms with E-state index in [1.54, 1.807) is 12.1 Å². The molecule has 0 spiro atoms. The molecule has 15 heavy (non-hydrogen) atoms. The minimum Gasteiger partial charge on any atom is -0.230 e. The van der Waals surface area contributed by atoms with Gasteiger partial charge in [0.15, 0.2) is 0 Å². The van der Waals surface area contributed by atoms with Crippen LogP contribution >= 0.6 is 15.9 Å². The number of nitrogens with zero attached hydrogens (tertiary/aromatic N) is 3. The van der Waals surface area contributed by atoms with Crippen molar-refractivity contribution < 1.29 is 8.78 Å². The van der Waals surface area contributed by atoms with E-state index >= 15 is 0 Å². The van der Waals surface area contributed by atoms with Gasteiger partial charge >= 0.3 is 0 Å². The summed E-state index contributed by atoms with van der Waals surface area (Å²) >= 11 is 2.96. The molecule has 1 rings (SSSR count). The summed E-state index contributed by atoms with van der Waals surface area (Å²) in [7, 11) is 0. The van der Waals surface area contributed by atoms with Crippen LogP contribution in [0.3, 0.4) is 0 Å². The van der Waals surface area contributed by atoms with Crippen LogP contribution in [0.5, 0.6) is 0 Å². The van der Waals surface area contributed by atoms with Gasteiger partial charge in [0.25, 0.3) is 6.43 Å². The van der Waals surface area contributed by atoms with Crippen LogP contribution in [0, 0.1) is 22.7 Å². The fourth-order valence-electron chi connectivity index (χ4n) is 1.07. The van der Waals surface area contributed by atoms with E-state index in [1.807, 2.05) is 0 Å². The molecule has 1 heterocycles. The molecule has 6 heteroatoms. The van der Waals surface area contributed by atoms with E-state index in [0.29, 0.717) is 0 Å². The summed E-state index contributed by atoms with van der Waals surface area (Å²) in [6, 6.07) is 4.45. The first-order valence-electron chi connectivity index (χ1n) is 3.84. The lowest BCUT2D eigenvalue weighted by Crippen LogP contribution is -2.00. The summed E-state index contributed by atoms with van der Waals surface area (Å²) in [6.45, 7) is 0. The Labute approximate surface area is 93.1 Å². The van der Waals surface area contributed by atoms with Crippen LogP contribution in [-0.4, -0.2) is 4.98 Å². The number of aromatic nitrogens is 1. The van der Waals surface area contributed by atoms with E-state index in [4.69, 9.17) is 10.5 Å². The van der Waals surface area contributed by atoms with Gasteiger partial charge in [0.05, 0.1) is 12.5 Å². The third kappa shape index (κ3) is 2.48. The highest BCUT2D eigenvalue weighted by Gasteiger charge is 2.17. The highest BCUT2D eigenvalue weighted by molar-refractivity contribution is 9.10. The average Bonchev–Trinajstić information content (AvgIpc) is 2.20. The predicted octanol–water partition coefficient (Wildman–Crippen LogP) is 2.72. The number of hydrogen-bond acceptors (Lipinski definition) is 3. The Kier molecular flexibility index (Phi) is 3.70. The van der Waals surface area contributed by atoms with E-state index in [1.165, 1.54) is 0 Å². The first-order chi connectivity index (χ1) is 7.10. The summed E-state index contributed by atoms with van der Waals surface area (Å²) in [5, 5.41) is 17.0. The molecule has 0 bridgehead atoms. The quantitative estimate of drug-likeness (QED) is 0.777. The summed E-state index contributed by atoms with van der Waals surface area (Å²) in [5.41, 5.74) is -0.291. The molecule has 0 saturated carbocycles. The van der Waals surface area contributed by atoms with Crippen molar-refractivity contribution in [3.8, 4) is 12.1 Å². The Morgan fingerprint density at radius 1 is 1.47 bits per heavy atom. The third-order valence-electron chi connectivity index (χ3n) is 1.71. The Morgan fingerprint density at radius 3 is 2.60 bits per heavy atom. The zero-order chi connectivity index (χ0) is 11.4. The molecule has 0 aliphatic carbocycles. The molecule has 0 aliphatic heterocycles. The summed E-state index contributed by atoms with van der Waals surface area (Å²) in [5.74, 6) is 0. The molecule has 0 fully saturated rings. The molecule has 0 atom stereocenters. The SMILES string of the molecule is N#CCc1c(C(F)F)cc(C#N)nc1Br. The van der Waals surface area contributed by atoms with Gasteiger partial charge in [0.2, 0.25) is 0 Å². The summed E-state index contributed by atoms with van der Waals surface area (Å²) in [6.07, 6.45) is -2.89. The highest BCUT2D eigenvalue weighted by atomic mass is 79.9. The lowest BCUT2D eigenvalue weighted by atomic mass is 10.1. The van der Waals surface area contributed by atoms with Gasteiger partial charge in [0.1, 0.15) is 16.4 Å². The second-order valence-corrected chi connectivity index (χ2v) is 3.36. The van der Waals surface area contributed by atoms with Gasteiger partial charge in [-0.3, -0.25) is 0 Å². The summed E-state index contributed by atoms with van der Waals surface area (Å²) < 4.78 is 25.3. The molecular weight excluding hydrogens is 268 g/mol. The smallest absolute Gasteiger partial charge is 0.230 e. The molecule has 1 aromatic heterocycles. The Bertz CT molecular complexity index is 460. The molecule has 0 N–H and O–H groups in total. The van der Waals surface area contributed by atoms with Gasteiger partial charge in [0, 0.05) is 11.1 Å². The van der Waals surface area contributed by atoms with Crippen molar-refractivity contribution in [1.29, 1.82) is 10.5 Å². The maximum absolute atomic E-state index is 12.6. The van der Waals surface area contributed by atoms with Crippen molar-refractivity contribution >= 4 is 15.9 Å². The van der Waals surface area contributed by atoms with E-state index in [2.05, 4.69) is 20.9 Å². The Balaban J connectivity index is 3.38. The zero-order valence-electron chi connectivity index (χ0n) is 7.34. The fraction of sp³-hybridized carbons (Fsp3) is 0.222. The van der Waals surface area contributed by atoms with Gasteiger partial charge in [-0.2, -0.15) is 10.5 Å². The first-order valence-corrected chi connectivity index (χ1v) is 4.64. The minimum atomic E-state index is -2.72. The van der Waals surface area contributed by atoms with Crippen LogP contribution < -0.4 is 0 Å². The van der Waals surface area contributed by atoms with Crippen LogP contribution in [-0.2, 0) is 6.42 Å². The standard InChI is InChI=1S/C9H4BrF2N3/c10-8-6(1-2-13)7(9(11)12)3-5(4-14)15-8/h3,9H,1H2. The van der Waals surface area contributed by atoms with Crippen LogP contribution in [0.15, 0.2) is 10.7 Å². The maximum Gasteiger partial charge on any atom is 0.264 e. The Hall–Kier alpha value is -1.53. The molecule has 0 radical (unpaired) electrons. The largest absolute Gasteiger partial charge is 0.264 e. The van der Waals surface area contributed by atoms with E-state index in [0.717, 1.165) is 6.07 Å². The van der Waals surface area contributed by atoms with Gasteiger partial charge < -0.3 is 0 Å². The molecule has 3 nitrogen and oxygen atoms in total. The number of rotatable bonds is 2. The predicted molar refractivity (Wildman–Crippen MR) is 50.9 cm³/mol. The number of halogens is 3. The van der Waals surface area contributed by atoms with Gasteiger partial charge in [-0.1, -0.05) is 0 Å². The third-order valence-corrected chi connectivity index (χ3v) is 2.37. The number of pyridine rings is 1. The molecule has 0 saturated heterocycles. The van der Waals surface area contributed by atoms with Crippen molar-refractivity contribution in [1.82, 2.24) is 4.98 Å². The Morgan fingerprint density at radius 2 is 2.13 bits per heavy atom. The van der Waals surface area contributed by atoms with Crippen molar-refractivity contribution in [2.24, 2.45) is 0 Å². The second kappa shape index (κ2) is 4.81. The number of nitriles is 2. The highest BCUT2D eigenvalue weighted by Crippen LogP contribution is 2.28. The molecule has 0 aliphatic rings. The van der Waals surface area contributed by atoms with E-state index in [-0.39, 0.29) is 27.8 Å². The van der Waals surface area contributed by atoms with Gasteiger partial charge in [-0.05, 0) is 22.0 Å². The maximum atomic E-state index is 12.6. The molecule has 1 aromatic rings. The number of hydrogen-bond donors (Lipinski definition) is 0. The second-order valence-electron chi connectivity index (χ2n) is 2.61. The van der Waals surface area contributed by atoms with Gasteiger partial charge in [-0.25, -0.2) is 13.8 Å². The first kappa shape index (κ1) is 11.5. The molecule has 0 amide bonds. The zero-order valence-corrected chi connectivity index (χ0v) is 8.92. The molecular formula is C9H4BrF2N3. The molecule has 0 aromatic carbocycles. The summed E-state index contributed by atoms with van der Waals surface area (Å²) in [4.78, 5) is 3.72. The average molecular weight is 272 g/mol. The van der Waals surface area contributed by atoms with Crippen LogP contribution in [0.2, 0.25) is 0 Å². The monoisotopic (exact) mass is 271 g/mol. The van der Waals surface area contributed by atoms with Crippen molar-refractivity contribution in [2.75, 3.05) is 0 Å². The minimum absolute atomic E-state index is 0.0983. The fourth-order valence-corrected chi connectivity index (χ4v) is 1.63. The van der Waals surface area contributed by atoms with Crippen LogP contribution in [0.4, 0.5) is 8.78 Å². The molecule has 76 valence electrons. The van der Waals surface area contributed by atoms with Crippen molar-refractivity contribution in [3.05, 3.63) is 27.5 Å². The van der Waals surface area contributed by atoms with Gasteiger partial charge in [-0.15, -0.1) is 0 Å². The normalized spacial score (nSPS) is 9.73. The molecule has 0 unspecified atom stereocenters. The van der Waals surface area contributed by atoms with Crippen molar-refractivity contribution in [2.45, 2.75) is 12.8 Å². The van der Waals surface area contributed by atoms with Crippen molar-refractivity contribution in [3.63, 3.8) is 0 Å². The van der Waals surface area contributed by atoms with E-state index < -0.39 is 6.43 Å². The lowest BCUT2D eigenvalue weighted by Gasteiger charge is -2.07. The van der Waals surface area contributed by atoms with Crippen LogP contribution in [0.25, 0.3) is 0 Å². The van der Waals surface area contributed by atoms with Crippen LogP contribution in [0.1, 0.15) is 23.2 Å².